The molecule has 2 rings (SSSR count). The number of allylic oxidation sites excluding steroid dienone is 4. The maximum Gasteiger partial charge on any atom is 0.219 e. The Labute approximate surface area is 199 Å². The molecule has 0 saturated carbocycles. The molecular weight excluding hydrogens is 420 g/mol. The molecule has 0 aromatic heterocycles. The average molecular weight is 459 g/mol. The number of hydrogen-bond donors (Lipinski definition) is 1. The molecule has 0 fully saturated rings. The molecule has 1 N–H and O–H groups in total. The van der Waals surface area contributed by atoms with Crippen LogP contribution in [0.1, 0.15) is 72.8 Å². The van der Waals surface area contributed by atoms with Crippen molar-refractivity contribution >= 4 is 23.3 Å². The normalized spacial score (nSPS) is 18.9. The van der Waals surface area contributed by atoms with Gasteiger partial charge in [-0.2, -0.15) is 0 Å². The largest absolute Gasteiger partial charge is 0.379 e. The minimum atomic E-state index is -0.177. The monoisotopic (exact) mass is 458 g/mol. The maximum atomic E-state index is 11.5. The van der Waals surface area contributed by atoms with Crippen LogP contribution in [-0.4, -0.2) is 29.7 Å². The van der Waals surface area contributed by atoms with Crippen molar-refractivity contribution in [2.45, 2.75) is 78.8 Å². The Hall–Kier alpha value is -2.33. The molecule has 0 saturated heterocycles. The smallest absolute Gasteiger partial charge is 0.219 e. The van der Waals surface area contributed by atoms with Gasteiger partial charge in [0.15, 0.2) is 5.78 Å². The Morgan fingerprint density at radius 2 is 1.84 bits per heavy atom. The first-order valence-electron chi connectivity index (χ1n) is 11.3. The van der Waals surface area contributed by atoms with Gasteiger partial charge in [-0.25, -0.2) is 0 Å². The lowest BCUT2D eigenvalue weighted by Gasteiger charge is -2.27. The van der Waals surface area contributed by atoms with Gasteiger partial charge in [0.05, 0.1) is 5.54 Å². The second-order valence-corrected chi connectivity index (χ2v) is 9.07. The van der Waals surface area contributed by atoms with E-state index in [4.69, 9.17) is 11.6 Å². The van der Waals surface area contributed by atoms with Gasteiger partial charge in [0.25, 0.3) is 0 Å². The predicted molar refractivity (Wildman–Crippen MR) is 136 cm³/mol. The molecule has 176 valence electrons. The highest BCUT2D eigenvalue weighted by atomic mass is 35.5. The van der Waals surface area contributed by atoms with Gasteiger partial charge in [-0.3, -0.25) is 9.59 Å². The first-order chi connectivity index (χ1) is 15.0. The molecule has 1 aromatic rings. The second kappa shape index (κ2) is 12.6. The fourth-order valence-corrected chi connectivity index (χ4v) is 4.08. The van der Waals surface area contributed by atoms with Crippen LogP contribution in [0.2, 0.25) is 5.02 Å². The molecule has 4 nitrogen and oxygen atoms in total. The van der Waals surface area contributed by atoms with E-state index in [1.165, 1.54) is 5.56 Å². The summed E-state index contributed by atoms with van der Waals surface area (Å²) >= 11 is 5.95. The third-order valence-electron chi connectivity index (χ3n) is 6.06. The van der Waals surface area contributed by atoms with Crippen LogP contribution < -0.4 is 5.32 Å². The Kier molecular flexibility index (Phi) is 10.9. The SMILES string of the molecule is C=C/C(=C\C1=C(C)N[C@@](C)(c2ccc(Cl)cc2)C1)C(C)=O.CCCC(CC)N(C)C(C)=O. The molecule has 1 aliphatic rings. The maximum absolute atomic E-state index is 11.5. The van der Waals surface area contributed by atoms with Crippen LogP contribution in [0.4, 0.5) is 0 Å². The lowest BCUT2D eigenvalue weighted by atomic mass is 9.88. The molecule has 2 atom stereocenters. The van der Waals surface area contributed by atoms with Gasteiger partial charge in [0, 0.05) is 42.7 Å². The van der Waals surface area contributed by atoms with Crippen molar-refractivity contribution in [3.05, 3.63) is 70.4 Å². The quantitative estimate of drug-likeness (QED) is 0.354. The molecule has 32 heavy (non-hydrogen) atoms. The molecule has 1 aromatic carbocycles. The second-order valence-electron chi connectivity index (χ2n) is 8.63. The van der Waals surface area contributed by atoms with E-state index < -0.39 is 0 Å². The summed E-state index contributed by atoms with van der Waals surface area (Å²) in [5.41, 5.74) is 3.87. The zero-order chi connectivity index (χ0) is 24.5. The molecule has 0 radical (unpaired) electrons. The summed E-state index contributed by atoms with van der Waals surface area (Å²) in [5.74, 6) is 0.204. The van der Waals surface area contributed by atoms with Crippen molar-refractivity contribution in [2.75, 3.05) is 7.05 Å². The van der Waals surface area contributed by atoms with E-state index in [1.54, 1.807) is 19.9 Å². The van der Waals surface area contributed by atoms with Crippen LogP contribution in [-0.2, 0) is 15.1 Å². The van der Waals surface area contributed by atoms with Crippen molar-refractivity contribution in [3.8, 4) is 0 Å². The lowest BCUT2D eigenvalue weighted by Crippen LogP contribution is -2.34. The number of amides is 1. The van der Waals surface area contributed by atoms with E-state index in [0.717, 1.165) is 42.0 Å². The van der Waals surface area contributed by atoms with Crippen molar-refractivity contribution in [1.82, 2.24) is 10.2 Å². The number of rotatable bonds is 8. The fraction of sp³-hybridized carbons (Fsp3) is 0.481. The molecule has 1 heterocycles. The Morgan fingerprint density at radius 1 is 1.25 bits per heavy atom. The van der Waals surface area contributed by atoms with Crippen molar-refractivity contribution < 1.29 is 9.59 Å². The van der Waals surface area contributed by atoms with Gasteiger partial charge in [0.2, 0.25) is 5.91 Å². The molecule has 0 spiro atoms. The molecular formula is C27H39ClN2O2. The van der Waals surface area contributed by atoms with E-state index in [9.17, 15) is 9.59 Å². The highest BCUT2D eigenvalue weighted by Gasteiger charge is 2.33. The Bertz CT molecular complexity index is 870. The number of carbonyl (C=O) groups is 2. The highest BCUT2D eigenvalue weighted by Crippen LogP contribution is 2.37. The van der Waals surface area contributed by atoms with Gasteiger partial charge in [0.1, 0.15) is 0 Å². The zero-order valence-corrected chi connectivity index (χ0v) is 21.5. The summed E-state index contributed by atoms with van der Waals surface area (Å²) in [6.07, 6.45) is 7.69. The number of ketones is 1. The van der Waals surface area contributed by atoms with Crippen LogP contribution in [0.5, 0.6) is 0 Å². The van der Waals surface area contributed by atoms with Crippen molar-refractivity contribution in [1.29, 1.82) is 0 Å². The summed E-state index contributed by atoms with van der Waals surface area (Å²) in [6.45, 7) is 15.4. The molecule has 1 unspecified atom stereocenters. The van der Waals surface area contributed by atoms with E-state index in [2.05, 4.69) is 32.7 Å². The third-order valence-corrected chi connectivity index (χ3v) is 6.32. The standard InChI is InChI=1S/C18H20ClNO.C9H19NO/c1-5-14(13(3)21)10-15-11-18(4,20-12(15)2)16-6-8-17(19)9-7-16;1-5-7-9(6-2)10(4)8(3)11/h5-10,20H,1,11H2,2-4H3;9H,5-7H2,1-4H3/b14-10+;/t18-;/m1./s1. The average Bonchev–Trinajstić information content (AvgIpc) is 3.04. The van der Waals surface area contributed by atoms with Crippen molar-refractivity contribution in [3.63, 3.8) is 0 Å². The van der Waals surface area contributed by atoms with Crippen LogP contribution >= 0.6 is 11.6 Å². The summed E-state index contributed by atoms with van der Waals surface area (Å²) in [5, 5.41) is 4.26. The number of carbonyl (C=O) groups excluding carboxylic acids is 2. The zero-order valence-electron chi connectivity index (χ0n) is 20.7. The highest BCUT2D eigenvalue weighted by molar-refractivity contribution is 6.30. The molecule has 0 bridgehead atoms. The first-order valence-corrected chi connectivity index (χ1v) is 11.7. The summed E-state index contributed by atoms with van der Waals surface area (Å²) in [4.78, 5) is 24.3. The fourth-order valence-electron chi connectivity index (χ4n) is 3.96. The number of nitrogens with one attached hydrogen (secondary N) is 1. The third kappa shape index (κ3) is 7.67. The number of nitrogens with zero attached hydrogens (tertiary/aromatic N) is 1. The van der Waals surface area contributed by atoms with Gasteiger partial charge in [-0.05, 0) is 63.0 Å². The molecule has 5 heteroatoms. The lowest BCUT2D eigenvalue weighted by molar-refractivity contribution is -0.129. The van der Waals surface area contributed by atoms with Gasteiger partial charge in [-0.1, -0.05) is 56.7 Å². The van der Waals surface area contributed by atoms with Crippen LogP contribution in [0.15, 0.2) is 59.8 Å². The van der Waals surface area contributed by atoms with E-state index in [-0.39, 0.29) is 17.2 Å². The summed E-state index contributed by atoms with van der Waals surface area (Å²) < 4.78 is 0. The van der Waals surface area contributed by atoms with Gasteiger partial charge >= 0.3 is 0 Å². The number of halogens is 1. The molecule has 1 aliphatic heterocycles. The minimum Gasteiger partial charge on any atom is -0.379 e. The summed E-state index contributed by atoms with van der Waals surface area (Å²) in [6, 6.07) is 8.32. The minimum absolute atomic E-state index is 0.0328. The van der Waals surface area contributed by atoms with Crippen molar-refractivity contribution in [2.24, 2.45) is 0 Å². The van der Waals surface area contributed by atoms with Crippen LogP contribution in [0.3, 0.4) is 0 Å². The molecule has 1 amide bonds. The first kappa shape index (κ1) is 27.7. The van der Waals surface area contributed by atoms with Gasteiger partial charge < -0.3 is 10.2 Å². The Morgan fingerprint density at radius 3 is 2.28 bits per heavy atom. The van der Waals surface area contributed by atoms with Crippen LogP contribution in [0, 0.1) is 0 Å². The van der Waals surface area contributed by atoms with Gasteiger partial charge in [-0.15, -0.1) is 0 Å². The number of benzene rings is 1. The number of hydrogen-bond acceptors (Lipinski definition) is 3. The topological polar surface area (TPSA) is 49.4 Å². The summed E-state index contributed by atoms with van der Waals surface area (Å²) in [7, 11) is 1.88. The van der Waals surface area contributed by atoms with E-state index in [0.29, 0.717) is 11.6 Å². The number of Topliss-reactive ketones (excluding diaryl/α,β-unsaturated/α-hetero) is 1. The molecule has 0 aliphatic carbocycles. The predicted octanol–water partition coefficient (Wildman–Crippen LogP) is 6.57. The Balaban J connectivity index is 0.000000396. The van der Waals surface area contributed by atoms with E-state index >= 15 is 0 Å². The van der Waals surface area contributed by atoms with Crippen LogP contribution in [0.25, 0.3) is 0 Å². The van der Waals surface area contributed by atoms with E-state index in [1.807, 2.05) is 49.2 Å².